The Morgan fingerprint density at radius 2 is 1.88 bits per heavy atom. The average Bonchev–Trinajstić information content (AvgIpc) is 3.38. The van der Waals surface area contributed by atoms with Crippen molar-refractivity contribution in [3.63, 3.8) is 0 Å². The number of rotatable bonds is 3. The van der Waals surface area contributed by atoms with Crippen LogP contribution in [0.15, 0.2) is 23.2 Å². The van der Waals surface area contributed by atoms with Crippen molar-refractivity contribution in [2.45, 2.75) is 31.2 Å². The van der Waals surface area contributed by atoms with Gasteiger partial charge >= 0.3 is 5.97 Å². The molecule has 144 valence electrons. The van der Waals surface area contributed by atoms with E-state index in [9.17, 15) is 13.6 Å². The number of nitrogens with zero attached hydrogens (tertiary/aromatic N) is 2. The fourth-order valence-corrected chi connectivity index (χ4v) is 3.50. The Balaban J connectivity index is 0.00000243. The van der Waals surface area contributed by atoms with E-state index >= 15 is 0 Å². The van der Waals surface area contributed by atoms with Gasteiger partial charge in [0.2, 0.25) is 0 Å². The van der Waals surface area contributed by atoms with Gasteiger partial charge in [-0.3, -0.25) is 9.79 Å². The maximum absolute atomic E-state index is 13.9. The zero-order chi connectivity index (χ0) is 18.0. The van der Waals surface area contributed by atoms with Crippen LogP contribution in [0.2, 0.25) is 0 Å². The van der Waals surface area contributed by atoms with Crippen molar-refractivity contribution in [2.75, 3.05) is 27.2 Å². The number of guanidine groups is 1. The highest BCUT2D eigenvalue weighted by molar-refractivity contribution is 14.0. The van der Waals surface area contributed by atoms with E-state index in [0.29, 0.717) is 38.3 Å². The number of benzene rings is 1. The molecule has 26 heavy (non-hydrogen) atoms. The van der Waals surface area contributed by atoms with Crippen molar-refractivity contribution in [2.24, 2.45) is 10.9 Å². The number of piperidine rings is 1. The van der Waals surface area contributed by atoms with E-state index < -0.39 is 11.6 Å². The number of hydrogen-bond acceptors (Lipinski definition) is 3. The lowest BCUT2D eigenvalue weighted by Crippen LogP contribution is -2.47. The van der Waals surface area contributed by atoms with Gasteiger partial charge in [0.05, 0.1) is 13.0 Å². The van der Waals surface area contributed by atoms with Gasteiger partial charge in [-0.1, -0.05) is 6.07 Å². The topological polar surface area (TPSA) is 53.9 Å². The minimum absolute atomic E-state index is 0. The number of likely N-dealkylation sites (tertiary alicyclic amines) is 1. The normalized spacial score (nSPS) is 23.2. The average molecular weight is 479 g/mol. The van der Waals surface area contributed by atoms with E-state index in [4.69, 9.17) is 4.74 Å². The van der Waals surface area contributed by atoms with Crippen LogP contribution in [0.3, 0.4) is 0 Å². The molecule has 1 heterocycles. The van der Waals surface area contributed by atoms with Crippen LogP contribution >= 0.6 is 24.0 Å². The molecule has 1 aromatic carbocycles. The molecule has 1 aliphatic heterocycles. The van der Waals surface area contributed by atoms with E-state index in [1.165, 1.54) is 25.3 Å². The van der Waals surface area contributed by atoms with Crippen LogP contribution in [-0.2, 0) is 9.53 Å². The Kier molecular flexibility index (Phi) is 7.19. The fourth-order valence-electron chi connectivity index (χ4n) is 3.50. The van der Waals surface area contributed by atoms with Gasteiger partial charge < -0.3 is 15.0 Å². The summed E-state index contributed by atoms with van der Waals surface area (Å²) in [7, 11) is 3.10. The smallest absolute Gasteiger partial charge is 0.308 e. The first-order valence-electron chi connectivity index (χ1n) is 8.55. The van der Waals surface area contributed by atoms with Crippen molar-refractivity contribution >= 4 is 35.9 Å². The van der Waals surface area contributed by atoms with Gasteiger partial charge in [-0.2, -0.15) is 0 Å². The van der Waals surface area contributed by atoms with Crippen LogP contribution in [0.5, 0.6) is 0 Å². The summed E-state index contributed by atoms with van der Waals surface area (Å²) in [5.41, 5.74) is 0.153. The third-order valence-electron chi connectivity index (χ3n) is 5.02. The lowest BCUT2D eigenvalue weighted by Gasteiger charge is -2.33. The highest BCUT2D eigenvalue weighted by Crippen LogP contribution is 2.43. The molecule has 1 aromatic rings. The molecule has 2 atom stereocenters. The maximum atomic E-state index is 13.9. The summed E-state index contributed by atoms with van der Waals surface area (Å²) >= 11 is 0. The summed E-state index contributed by atoms with van der Waals surface area (Å²) in [6, 6.07) is 3.94. The van der Waals surface area contributed by atoms with E-state index in [-0.39, 0.29) is 53.4 Å². The van der Waals surface area contributed by atoms with Gasteiger partial charge in [0.25, 0.3) is 0 Å². The molecule has 1 saturated carbocycles. The molecule has 1 N–H and O–H groups in total. The molecule has 2 fully saturated rings. The van der Waals surface area contributed by atoms with Gasteiger partial charge in [0, 0.05) is 37.7 Å². The summed E-state index contributed by atoms with van der Waals surface area (Å²) in [5, 5.41) is 3.30. The molecule has 0 radical (unpaired) electrons. The predicted octanol–water partition coefficient (Wildman–Crippen LogP) is 2.90. The number of nitrogens with one attached hydrogen (secondary N) is 1. The van der Waals surface area contributed by atoms with Crippen LogP contribution < -0.4 is 5.32 Å². The van der Waals surface area contributed by atoms with Crippen LogP contribution in [0, 0.1) is 17.6 Å². The van der Waals surface area contributed by atoms with Gasteiger partial charge in [-0.15, -0.1) is 24.0 Å². The summed E-state index contributed by atoms with van der Waals surface area (Å²) in [5.74, 6) is -0.690. The molecule has 0 bridgehead atoms. The van der Waals surface area contributed by atoms with Gasteiger partial charge in [-0.25, -0.2) is 8.78 Å². The molecule has 0 spiro atoms. The van der Waals surface area contributed by atoms with Crippen LogP contribution in [0.25, 0.3) is 0 Å². The molecule has 1 aliphatic carbocycles. The van der Waals surface area contributed by atoms with Gasteiger partial charge in [0.1, 0.15) is 11.6 Å². The number of methoxy groups -OCH3 is 1. The summed E-state index contributed by atoms with van der Waals surface area (Å²) in [6.45, 7) is 1.40. The zero-order valence-corrected chi connectivity index (χ0v) is 17.2. The second-order valence-corrected chi connectivity index (χ2v) is 6.56. The van der Waals surface area contributed by atoms with Crippen LogP contribution in [0.4, 0.5) is 8.78 Å². The number of aliphatic imine (C=N–C) groups is 1. The van der Waals surface area contributed by atoms with E-state index in [1.54, 1.807) is 7.05 Å². The SMILES string of the molecule is CN=C(NC1CC1c1c(F)cccc1F)N1CCC(C(=O)OC)CC1.I. The number of carbonyl (C=O) groups is 1. The van der Waals surface area contributed by atoms with Crippen molar-refractivity contribution < 1.29 is 18.3 Å². The Labute approximate surface area is 169 Å². The largest absolute Gasteiger partial charge is 0.469 e. The highest BCUT2D eigenvalue weighted by Gasteiger charge is 2.43. The quantitative estimate of drug-likeness (QED) is 0.314. The molecule has 2 aliphatic rings. The molecule has 3 rings (SSSR count). The summed E-state index contributed by atoms with van der Waals surface area (Å²) in [6.07, 6.45) is 2.10. The number of halogens is 3. The maximum Gasteiger partial charge on any atom is 0.308 e. The molecule has 5 nitrogen and oxygen atoms in total. The molecule has 8 heteroatoms. The molecule has 2 unspecified atom stereocenters. The molecular formula is C18H24F2IN3O2. The minimum atomic E-state index is -0.497. The Morgan fingerprint density at radius 1 is 1.27 bits per heavy atom. The monoisotopic (exact) mass is 479 g/mol. The molecular weight excluding hydrogens is 455 g/mol. The van der Waals surface area contributed by atoms with Gasteiger partial charge in [0.15, 0.2) is 5.96 Å². The molecule has 0 aromatic heterocycles. The Hall–Kier alpha value is -1.45. The summed E-state index contributed by atoms with van der Waals surface area (Å²) in [4.78, 5) is 18.0. The van der Waals surface area contributed by atoms with Crippen LogP contribution in [-0.4, -0.2) is 50.1 Å². The number of esters is 1. The molecule has 0 amide bonds. The lowest BCUT2D eigenvalue weighted by atomic mass is 9.97. The number of carbonyl (C=O) groups excluding carboxylic acids is 1. The zero-order valence-electron chi connectivity index (χ0n) is 14.9. The minimum Gasteiger partial charge on any atom is -0.469 e. The van der Waals surface area contributed by atoms with Crippen molar-refractivity contribution in [3.8, 4) is 0 Å². The highest BCUT2D eigenvalue weighted by atomic mass is 127. The van der Waals surface area contributed by atoms with E-state index in [1.807, 2.05) is 0 Å². The second kappa shape index (κ2) is 8.96. The lowest BCUT2D eigenvalue weighted by molar-refractivity contribution is -0.146. The van der Waals surface area contributed by atoms with Crippen molar-refractivity contribution in [1.29, 1.82) is 0 Å². The first kappa shape index (κ1) is 20.9. The van der Waals surface area contributed by atoms with Crippen LogP contribution in [0.1, 0.15) is 30.7 Å². The third-order valence-corrected chi connectivity index (χ3v) is 5.02. The van der Waals surface area contributed by atoms with E-state index in [0.717, 1.165) is 0 Å². The predicted molar refractivity (Wildman–Crippen MR) is 106 cm³/mol. The third kappa shape index (κ3) is 4.44. The fraction of sp³-hybridized carbons (Fsp3) is 0.556. The van der Waals surface area contributed by atoms with Gasteiger partial charge in [-0.05, 0) is 31.4 Å². The van der Waals surface area contributed by atoms with Crippen molar-refractivity contribution in [3.05, 3.63) is 35.4 Å². The van der Waals surface area contributed by atoms with Crippen molar-refractivity contribution in [1.82, 2.24) is 10.2 Å². The Morgan fingerprint density at radius 3 is 2.42 bits per heavy atom. The number of ether oxygens (including phenoxy) is 1. The first-order chi connectivity index (χ1) is 12.0. The Bertz CT molecular complexity index is 658. The van der Waals surface area contributed by atoms with E-state index in [2.05, 4.69) is 15.2 Å². The standard InChI is InChI=1S/C18H23F2N3O2.HI/c1-21-18(23-8-6-11(7-9-23)17(24)25-2)22-15-10-12(15)16-13(19)4-3-5-14(16)20;/h3-5,11-12,15H,6-10H2,1-2H3,(H,21,22);1H. The number of hydrogen-bond donors (Lipinski definition) is 1. The molecule has 1 saturated heterocycles. The first-order valence-corrected chi connectivity index (χ1v) is 8.55. The second-order valence-electron chi connectivity index (χ2n) is 6.56. The summed E-state index contributed by atoms with van der Waals surface area (Å²) < 4.78 is 32.6.